The Kier molecular flexibility index (Phi) is 16.1. The van der Waals surface area contributed by atoms with Crippen molar-refractivity contribution in [3.8, 4) is 12.1 Å². The third-order valence-electron chi connectivity index (χ3n) is 11.9. The normalized spacial score (nSPS) is 16.7. The molecule has 0 spiro atoms. The van der Waals surface area contributed by atoms with Crippen LogP contribution in [0.5, 0.6) is 0 Å². The molecule has 366 valence electrons. The molecule has 0 bridgehead atoms. The van der Waals surface area contributed by atoms with E-state index in [0.717, 1.165) is 46.2 Å². The van der Waals surface area contributed by atoms with Gasteiger partial charge in [0, 0.05) is 24.5 Å². The van der Waals surface area contributed by atoms with Gasteiger partial charge in [-0.2, -0.15) is 36.9 Å². The third-order valence-corrected chi connectivity index (χ3v) is 11.9. The maximum Gasteiger partial charge on any atom is 0.416 e. The predicted octanol–water partition coefficient (Wildman–Crippen LogP) is 10.5. The van der Waals surface area contributed by atoms with E-state index in [4.69, 9.17) is 9.47 Å². The molecule has 2 aliphatic rings. The van der Waals surface area contributed by atoms with Crippen molar-refractivity contribution in [1.82, 2.24) is 14.7 Å². The smallest absolute Gasteiger partial charge is 0.416 e. The summed E-state index contributed by atoms with van der Waals surface area (Å²) in [7, 11) is 1.78. The second kappa shape index (κ2) is 21.8. The number of hydrogen-bond donors (Lipinski definition) is 0. The van der Waals surface area contributed by atoms with Gasteiger partial charge in [0.05, 0.1) is 82.2 Å². The van der Waals surface area contributed by atoms with Crippen molar-refractivity contribution in [1.29, 1.82) is 10.5 Å². The summed E-state index contributed by atoms with van der Waals surface area (Å²) in [4.78, 5) is 63.7. The Morgan fingerprint density at radius 1 is 0.614 bits per heavy atom. The Hall–Kier alpha value is -7.64. The van der Waals surface area contributed by atoms with E-state index < -0.39 is 59.6 Å². The molecule has 70 heavy (non-hydrogen) atoms. The number of hydrogen-bond acceptors (Lipinski definition) is 9. The summed E-state index contributed by atoms with van der Waals surface area (Å²) in [5.41, 5.74) is -0.647. The fourth-order valence-electron chi connectivity index (χ4n) is 8.66. The molecule has 2 aliphatic heterocycles. The highest BCUT2D eigenvalue weighted by atomic mass is 19.4. The summed E-state index contributed by atoms with van der Waals surface area (Å²) in [6.07, 6.45) is -8.96. The first-order valence-electron chi connectivity index (χ1n) is 22.3. The molecule has 0 aromatic heterocycles. The molecule has 4 aromatic carbocycles. The van der Waals surface area contributed by atoms with Gasteiger partial charge in [-0.1, -0.05) is 36.4 Å². The molecule has 4 aromatic rings. The summed E-state index contributed by atoms with van der Waals surface area (Å²) in [6, 6.07) is 21.3. The number of alkyl halides is 6. The van der Waals surface area contributed by atoms with E-state index in [1.54, 1.807) is 45.2 Å². The lowest BCUT2D eigenvalue weighted by Crippen LogP contribution is -2.52. The van der Waals surface area contributed by atoms with Crippen LogP contribution in [0.3, 0.4) is 0 Å². The second-order valence-electron chi connectivity index (χ2n) is 16.4. The van der Waals surface area contributed by atoms with Crippen LogP contribution in [0.25, 0.3) is 0 Å². The average molecular weight is 970 g/mol. The number of halogens is 6. The van der Waals surface area contributed by atoms with Gasteiger partial charge in [-0.3, -0.25) is 9.80 Å². The lowest BCUT2D eigenvalue weighted by Gasteiger charge is -2.43. The van der Waals surface area contributed by atoms with Crippen LogP contribution in [0.2, 0.25) is 0 Å². The fraction of sp³-hybridized carbons (Fsp3) is 0.333. The quantitative estimate of drug-likeness (QED) is 0.0789. The summed E-state index contributed by atoms with van der Waals surface area (Å²) < 4.78 is 94.6. The van der Waals surface area contributed by atoms with Crippen molar-refractivity contribution in [3.05, 3.63) is 153 Å². The van der Waals surface area contributed by atoms with Crippen LogP contribution in [0.15, 0.2) is 120 Å². The highest BCUT2D eigenvalue weighted by Gasteiger charge is 2.45. The number of anilines is 2. The highest BCUT2D eigenvalue weighted by Crippen LogP contribution is 2.43. The standard InChI is InChI=1S/C51H49F6N7O6/c1-6-69-46(65)42-32(3)63(40-14-8-12-38(28-40)50(52,53)54)48(67)61(44(42)36-20-16-34(30-58)17-21-36)26-10-24-60(5)25-11-27-62-45(37-22-18-35(31-59)19-23-37)43(47(66)70-7-2)33(4)64(49(62)68)41-15-9-13-39(29-41)51(55,56)57/h8-9,12-23,28-29,44-45H,6-7,10-11,24-27H2,1-5H3/t44-,45-/m1/s1. The van der Waals surface area contributed by atoms with Crippen LogP contribution in [0.4, 0.5) is 47.3 Å². The van der Waals surface area contributed by atoms with Crippen LogP contribution in [-0.4, -0.2) is 85.1 Å². The van der Waals surface area contributed by atoms with Crippen molar-refractivity contribution >= 4 is 35.4 Å². The van der Waals surface area contributed by atoms with E-state index in [-0.39, 0.29) is 73.1 Å². The molecule has 19 heteroatoms. The molecular formula is C51H49F6N7O6. The molecule has 0 saturated carbocycles. The second-order valence-corrected chi connectivity index (χ2v) is 16.4. The van der Waals surface area contributed by atoms with E-state index in [0.29, 0.717) is 35.3 Å². The average Bonchev–Trinajstić information content (AvgIpc) is 3.32. The van der Waals surface area contributed by atoms with Gasteiger partial charge in [0.2, 0.25) is 0 Å². The first-order chi connectivity index (χ1) is 33.2. The number of rotatable bonds is 16. The largest absolute Gasteiger partial charge is 0.463 e. The molecule has 6 rings (SSSR count). The van der Waals surface area contributed by atoms with E-state index in [1.165, 1.54) is 60.0 Å². The Labute approximate surface area is 401 Å². The number of nitriles is 2. The van der Waals surface area contributed by atoms with Gasteiger partial charge in [-0.15, -0.1) is 0 Å². The summed E-state index contributed by atoms with van der Waals surface area (Å²) in [5, 5.41) is 19.0. The number of nitrogens with zero attached hydrogens (tertiary/aromatic N) is 7. The first-order valence-corrected chi connectivity index (χ1v) is 22.3. The van der Waals surface area contributed by atoms with Gasteiger partial charge < -0.3 is 24.2 Å². The molecular weight excluding hydrogens is 921 g/mol. The van der Waals surface area contributed by atoms with Crippen LogP contribution in [-0.2, 0) is 31.4 Å². The molecule has 0 fully saturated rings. The number of carbonyl (C=O) groups excluding carboxylic acids is 4. The number of carbonyl (C=O) groups is 4. The van der Waals surface area contributed by atoms with Crippen molar-refractivity contribution in [2.75, 3.05) is 56.2 Å². The van der Waals surface area contributed by atoms with E-state index >= 15 is 0 Å². The molecule has 2 heterocycles. The van der Waals surface area contributed by atoms with Crippen molar-refractivity contribution in [2.45, 2.75) is 65.0 Å². The Morgan fingerprint density at radius 2 is 0.971 bits per heavy atom. The van der Waals surface area contributed by atoms with Gasteiger partial charge in [0.25, 0.3) is 0 Å². The predicted molar refractivity (Wildman–Crippen MR) is 245 cm³/mol. The lowest BCUT2D eigenvalue weighted by atomic mass is 9.92. The number of esters is 2. The van der Waals surface area contributed by atoms with Gasteiger partial charge in [0.15, 0.2) is 0 Å². The van der Waals surface area contributed by atoms with Crippen LogP contribution >= 0.6 is 0 Å². The number of urea groups is 2. The summed E-state index contributed by atoms with van der Waals surface area (Å²) in [5.74, 6) is -1.59. The maximum absolute atomic E-state index is 14.7. The minimum Gasteiger partial charge on any atom is -0.463 e. The molecule has 0 N–H and O–H groups in total. The zero-order valence-electron chi connectivity index (χ0n) is 38.9. The molecule has 2 atom stereocenters. The summed E-state index contributed by atoms with van der Waals surface area (Å²) >= 11 is 0. The molecule has 4 amide bonds. The number of ether oxygens (including phenoxy) is 2. The zero-order chi connectivity index (χ0) is 51.1. The van der Waals surface area contributed by atoms with Gasteiger partial charge >= 0.3 is 36.4 Å². The first kappa shape index (κ1) is 51.7. The van der Waals surface area contributed by atoms with Crippen molar-refractivity contribution in [2.24, 2.45) is 0 Å². The lowest BCUT2D eigenvalue weighted by molar-refractivity contribution is -0.140. The van der Waals surface area contributed by atoms with E-state index in [9.17, 15) is 56.0 Å². The van der Waals surface area contributed by atoms with Crippen molar-refractivity contribution in [3.63, 3.8) is 0 Å². The van der Waals surface area contributed by atoms with Gasteiger partial charge in [0.1, 0.15) is 0 Å². The molecule has 0 aliphatic carbocycles. The van der Waals surface area contributed by atoms with E-state index in [1.807, 2.05) is 17.0 Å². The van der Waals surface area contributed by atoms with Crippen LogP contribution < -0.4 is 9.80 Å². The monoisotopic (exact) mass is 969 g/mol. The maximum atomic E-state index is 14.7. The number of allylic oxidation sites excluding steroid dienone is 2. The third kappa shape index (κ3) is 11.1. The minimum atomic E-state index is -4.74. The molecule has 0 radical (unpaired) electrons. The van der Waals surface area contributed by atoms with Crippen LogP contribution in [0.1, 0.15) is 86.0 Å². The molecule has 0 saturated heterocycles. The fourth-order valence-corrected chi connectivity index (χ4v) is 8.66. The van der Waals surface area contributed by atoms with E-state index in [2.05, 4.69) is 0 Å². The Balaban J connectivity index is 1.29. The van der Waals surface area contributed by atoms with Gasteiger partial charge in [-0.05, 0) is 132 Å². The Morgan fingerprint density at radius 3 is 1.29 bits per heavy atom. The SMILES string of the molecule is CCOC(=O)C1=C(C)N(c2cccc(C(F)(F)F)c2)C(=O)N(CCCN(C)CCCN2C(=O)N(c3cccc(C(F)(F)F)c3)C(C)=C(C(=O)OCC)[C@H]2c2ccc(C#N)cc2)[C@@H]1c1ccc(C#N)cc1. The molecule has 0 unspecified atom stereocenters. The number of amides is 4. The number of benzene rings is 4. The topological polar surface area (TPSA) is 151 Å². The zero-order valence-corrected chi connectivity index (χ0v) is 38.9. The van der Waals surface area contributed by atoms with Crippen molar-refractivity contribution < 1.29 is 55.0 Å². The summed E-state index contributed by atoms with van der Waals surface area (Å²) in [6.45, 7) is 6.57. The Bertz CT molecular complexity index is 2570. The van der Waals surface area contributed by atoms with Gasteiger partial charge in [-0.25, -0.2) is 19.2 Å². The minimum absolute atomic E-state index is 0.00518. The molecule has 13 nitrogen and oxygen atoms in total. The van der Waals surface area contributed by atoms with Crippen LogP contribution in [0, 0.1) is 22.7 Å². The highest BCUT2D eigenvalue weighted by molar-refractivity contribution is 6.04.